The van der Waals surface area contributed by atoms with Gasteiger partial charge in [-0.15, -0.1) is 0 Å². The quantitative estimate of drug-likeness (QED) is 0.0359. The van der Waals surface area contributed by atoms with Crippen molar-refractivity contribution in [3.05, 3.63) is 23.8 Å². The summed E-state index contributed by atoms with van der Waals surface area (Å²) in [5, 5.41) is 112. The molecule has 0 aromatic heterocycles. The number of phenols is 1. The highest BCUT2D eigenvalue weighted by Gasteiger charge is 2.51. The van der Waals surface area contributed by atoms with Crippen LogP contribution in [0, 0.1) is 17.8 Å². The Morgan fingerprint density at radius 2 is 1.35 bits per heavy atom. The molecule has 8 amide bonds. The average Bonchev–Trinajstić information content (AvgIpc) is 3.57. The van der Waals surface area contributed by atoms with Gasteiger partial charge in [0.2, 0.25) is 47.3 Å². The number of hydrogen-bond acceptors (Lipinski definition) is 20. The lowest BCUT2D eigenvalue weighted by Gasteiger charge is -2.34. The standard InChI is InChI=1S/C53H86N8O21S/c1-6-26(2)19-27(3)15-13-11-9-7-8-10-12-14-16-39(68)55-32-22-36(66)49(74)59-51(76)43-44(69)28(4)24-61(43)53(78)41(35(65)23-38(54)67)57-50(75)42(46(71)45(70)30-17-18-34(64)37(20-30)82-83(79,80)81)58-48(73)33-21-31(63)25-60(33)52(77)40(29(5)62)56-47(32)72/h17-18,20,26-29,31-33,35-36,40-46,49,62-66,69-71,74H,6-16,19,21-25H2,1-5H3,(H2,54,67)(H,55,68)(H,56,72)(H,57,75)(H,58,73)(H,59,76)(H,79,80,81)/t26?,27?,28?,29-,31?,32+,33+,35?,36?,40+,41+,42+,43+,44?,45?,46+,49?/m1/s1. The summed E-state index contributed by atoms with van der Waals surface area (Å²) in [6, 6.07) is -10.5. The summed E-state index contributed by atoms with van der Waals surface area (Å²) >= 11 is 0. The van der Waals surface area contributed by atoms with Crippen molar-refractivity contribution >= 4 is 57.7 Å². The van der Waals surface area contributed by atoms with E-state index in [2.05, 4.69) is 40.9 Å². The van der Waals surface area contributed by atoms with Gasteiger partial charge in [0.15, 0.2) is 17.7 Å². The van der Waals surface area contributed by atoms with E-state index >= 15 is 0 Å². The highest BCUT2D eigenvalue weighted by atomic mass is 32.3. The third kappa shape index (κ3) is 20.4. The van der Waals surface area contributed by atoms with Crippen LogP contribution in [0.3, 0.4) is 0 Å². The summed E-state index contributed by atoms with van der Waals surface area (Å²) in [4.78, 5) is 113. The molecule has 0 spiro atoms. The third-order valence-electron chi connectivity index (χ3n) is 15.5. The van der Waals surface area contributed by atoms with Gasteiger partial charge >= 0.3 is 10.4 Å². The molecule has 3 aliphatic heterocycles. The number of fused-ring (bicyclic) bond motifs is 2. The predicted molar refractivity (Wildman–Crippen MR) is 291 cm³/mol. The van der Waals surface area contributed by atoms with Crippen molar-refractivity contribution in [1.29, 1.82) is 0 Å². The van der Waals surface area contributed by atoms with Crippen molar-refractivity contribution in [1.82, 2.24) is 36.4 Å². The monoisotopic (exact) mass is 1200 g/mol. The Labute approximate surface area is 482 Å². The number of aromatic hydroxyl groups is 1. The number of aliphatic hydroxyl groups is 8. The Bertz CT molecular complexity index is 2510. The summed E-state index contributed by atoms with van der Waals surface area (Å²) in [7, 11) is -5.33. The molecule has 0 saturated carbocycles. The Kier molecular flexibility index (Phi) is 26.8. The molecule has 4 rings (SSSR count). The number of primary amides is 1. The van der Waals surface area contributed by atoms with Gasteiger partial charge in [-0.2, -0.15) is 8.42 Å². The van der Waals surface area contributed by atoms with Crippen LogP contribution in [0.4, 0.5) is 0 Å². The normalized spacial score (nSPS) is 28.4. The number of benzene rings is 1. The number of hydrogen-bond donors (Lipinski definition) is 16. The Morgan fingerprint density at radius 3 is 1.95 bits per heavy atom. The maximum absolute atomic E-state index is 14.6. The van der Waals surface area contributed by atoms with Crippen LogP contribution in [0.5, 0.6) is 11.5 Å². The molecule has 3 aliphatic rings. The van der Waals surface area contributed by atoms with Crippen LogP contribution >= 0.6 is 0 Å². The number of rotatable bonds is 24. The number of nitrogens with zero attached hydrogens (tertiary/aromatic N) is 2. The number of carbonyl (C=O) groups is 8. The topological polar surface area (TPSA) is 475 Å². The molecular formula is C53H86N8O21S. The van der Waals surface area contributed by atoms with E-state index in [1.165, 1.54) is 19.8 Å². The molecule has 29 nitrogen and oxygen atoms in total. The molecule has 0 bridgehead atoms. The number of aliphatic hydroxyl groups excluding tert-OH is 8. The lowest BCUT2D eigenvalue weighted by atomic mass is 9.91. The van der Waals surface area contributed by atoms with Gasteiger partial charge in [0, 0.05) is 38.3 Å². The van der Waals surface area contributed by atoms with Crippen molar-refractivity contribution in [2.24, 2.45) is 23.5 Å². The van der Waals surface area contributed by atoms with Crippen molar-refractivity contribution in [2.75, 3.05) is 13.1 Å². The second-order valence-electron chi connectivity index (χ2n) is 22.5. The molecule has 0 aliphatic carbocycles. The number of phenolic OH excluding ortho intramolecular Hbond substituents is 1. The second-order valence-corrected chi connectivity index (χ2v) is 23.5. The molecular weight excluding hydrogens is 1120 g/mol. The van der Waals surface area contributed by atoms with Crippen molar-refractivity contribution < 1.29 is 101 Å². The first kappa shape index (κ1) is 69.7. The smallest absolute Gasteiger partial charge is 0.446 e. The minimum Gasteiger partial charge on any atom is -0.504 e. The molecule has 9 unspecified atom stereocenters. The van der Waals surface area contributed by atoms with Crippen LogP contribution in [0.1, 0.15) is 143 Å². The molecule has 17 atom stereocenters. The number of carbonyl (C=O) groups excluding carboxylic acids is 8. The Morgan fingerprint density at radius 1 is 0.759 bits per heavy atom. The molecule has 0 radical (unpaired) electrons. The first-order valence-electron chi connectivity index (χ1n) is 28.2. The predicted octanol–water partition coefficient (Wildman–Crippen LogP) is -3.13. The largest absolute Gasteiger partial charge is 0.504 e. The number of unbranched alkanes of at least 4 members (excludes halogenated alkanes) is 7. The summed E-state index contributed by atoms with van der Waals surface area (Å²) in [6.45, 7) is 7.97. The van der Waals surface area contributed by atoms with Gasteiger partial charge in [0.05, 0.1) is 30.8 Å². The van der Waals surface area contributed by atoms with Gasteiger partial charge in [-0.25, -0.2) is 0 Å². The maximum Gasteiger partial charge on any atom is 0.446 e. The summed E-state index contributed by atoms with van der Waals surface area (Å²) in [5.74, 6) is -11.9. The zero-order chi connectivity index (χ0) is 62.2. The van der Waals surface area contributed by atoms with Crippen LogP contribution in [0.2, 0.25) is 0 Å². The molecule has 30 heteroatoms. The Balaban J connectivity index is 1.71. The van der Waals surface area contributed by atoms with E-state index in [0.717, 1.165) is 64.0 Å². The summed E-state index contributed by atoms with van der Waals surface area (Å²) < 4.78 is 36.6. The maximum atomic E-state index is 14.6. The highest BCUT2D eigenvalue weighted by Crippen LogP contribution is 2.33. The first-order chi connectivity index (χ1) is 38.8. The van der Waals surface area contributed by atoms with Gasteiger partial charge in [-0.3, -0.25) is 42.9 Å². The fraction of sp³-hybridized carbons (Fsp3) is 0.736. The third-order valence-corrected chi connectivity index (χ3v) is 15.8. The van der Waals surface area contributed by atoms with Gasteiger partial charge in [0.25, 0.3) is 0 Å². The van der Waals surface area contributed by atoms with Gasteiger partial charge in [-0.05, 0) is 49.3 Å². The van der Waals surface area contributed by atoms with Crippen LogP contribution in [-0.4, -0.2) is 208 Å². The summed E-state index contributed by atoms with van der Waals surface area (Å²) in [5.41, 5.74) is 4.76. The van der Waals surface area contributed by atoms with Gasteiger partial charge in [-0.1, -0.05) is 91.5 Å². The minimum atomic E-state index is -5.33. The molecule has 1 aromatic rings. The number of amides is 8. The molecule has 3 heterocycles. The van der Waals surface area contributed by atoms with Gasteiger partial charge < -0.3 is 92.3 Å². The molecule has 17 N–H and O–H groups in total. The molecule has 470 valence electrons. The molecule has 83 heavy (non-hydrogen) atoms. The van der Waals surface area contributed by atoms with Crippen LogP contribution in [0.25, 0.3) is 0 Å². The highest BCUT2D eigenvalue weighted by molar-refractivity contribution is 7.81. The number of nitrogens with two attached hydrogens (primary N) is 1. The van der Waals surface area contributed by atoms with E-state index in [1.807, 2.05) is 10.6 Å². The number of nitrogens with one attached hydrogen (secondary N) is 5. The molecule has 3 saturated heterocycles. The first-order valence-corrected chi connectivity index (χ1v) is 29.6. The zero-order valence-corrected chi connectivity index (χ0v) is 48.2. The van der Waals surface area contributed by atoms with Gasteiger partial charge in [0.1, 0.15) is 54.6 Å². The lowest BCUT2D eigenvalue weighted by Crippen LogP contribution is -2.64. The van der Waals surface area contributed by atoms with E-state index in [9.17, 15) is 97.3 Å². The van der Waals surface area contributed by atoms with Crippen molar-refractivity contribution in [2.45, 2.75) is 216 Å². The van der Waals surface area contributed by atoms with E-state index in [1.54, 1.807) is 0 Å². The zero-order valence-electron chi connectivity index (χ0n) is 47.4. The summed E-state index contributed by atoms with van der Waals surface area (Å²) in [6.07, 6.45) is -9.07. The second kappa shape index (κ2) is 31.9. The molecule has 3 fully saturated rings. The van der Waals surface area contributed by atoms with Crippen molar-refractivity contribution in [3.8, 4) is 11.5 Å². The fourth-order valence-corrected chi connectivity index (χ4v) is 10.9. The van der Waals surface area contributed by atoms with Crippen LogP contribution in [0.15, 0.2) is 18.2 Å². The average molecular weight is 1200 g/mol. The van der Waals surface area contributed by atoms with Crippen LogP contribution < -0.4 is 36.5 Å². The lowest BCUT2D eigenvalue weighted by molar-refractivity contribution is -0.149. The Hall–Kier alpha value is -5.83. The minimum absolute atomic E-state index is 0.117. The van der Waals surface area contributed by atoms with Crippen LogP contribution in [-0.2, 0) is 48.8 Å². The van der Waals surface area contributed by atoms with E-state index < -0.39 is 198 Å². The van der Waals surface area contributed by atoms with E-state index in [4.69, 9.17) is 5.73 Å². The SMILES string of the molecule is CCC(C)CC(C)CCCCCCCCCCC(=O)N[C@H]1CC(O)C(O)NC(=O)[C@@H]2C(O)C(C)CN2C(=O)[C@H](C(O)CC(N)=O)NC(=O)[C@H]([C@H](O)C(O)c2ccc(O)c(OS(=O)(=O)O)c2)NC(=O)[C@@H]2CC(O)CN2C(=O)[C@H]([C@@H](C)O)NC1=O. The molecule has 1 aromatic carbocycles. The van der Waals surface area contributed by atoms with E-state index in [-0.39, 0.29) is 6.42 Å². The van der Waals surface area contributed by atoms with Crippen molar-refractivity contribution in [3.63, 3.8) is 0 Å². The fourth-order valence-electron chi connectivity index (χ4n) is 10.6. The van der Waals surface area contributed by atoms with E-state index in [0.29, 0.717) is 40.5 Å².